The second-order valence-corrected chi connectivity index (χ2v) is 7.76. The smallest absolute Gasteiger partial charge is 0.198 e. The second-order valence-electron chi connectivity index (χ2n) is 7.76. The second kappa shape index (κ2) is 7.41. The molecule has 1 atom stereocenters. The fourth-order valence-electron chi connectivity index (χ4n) is 4.40. The lowest BCUT2D eigenvalue weighted by atomic mass is 9.81. The molecule has 30 heavy (non-hydrogen) atoms. The molecule has 0 fully saturated rings. The zero-order chi connectivity index (χ0) is 20.6. The number of nitrogens with two attached hydrogens (primary N) is 1. The summed E-state index contributed by atoms with van der Waals surface area (Å²) in [6.45, 7) is 1.61. The molecule has 2 aliphatic heterocycles. The van der Waals surface area contributed by atoms with E-state index >= 15 is 0 Å². The van der Waals surface area contributed by atoms with Gasteiger partial charge in [0.2, 0.25) is 0 Å². The summed E-state index contributed by atoms with van der Waals surface area (Å²) in [6, 6.07) is 25.3. The number of rotatable bonds is 4. The predicted molar refractivity (Wildman–Crippen MR) is 118 cm³/mol. The van der Waals surface area contributed by atoms with Crippen LogP contribution in [0.5, 0.6) is 0 Å². The molecule has 4 nitrogen and oxygen atoms in total. The lowest BCUT2D eigenvalue weighted by Gasteiger charge is -2.33. The molecule has 0 aromatic heterocycles. The Bertz CT molecular complexity index is 1120. The minimum atomic E-state index is -0.745. The average Bonchev–Trinajstić information content (AvgIpc) is 3.10. The summed E-state index contributed by atoms with van der Waals surface area (Å²) < 4.78 is 13.3. The van der Waals surface area contributed by atoms with E-state index in [0.717, 1.165) is 47.6 Å². The van der Waals surface area contributed by atoms with Gasteiger partial charge in [0, 0.05) is 13.1 Å². The molecule has 0 bridgehead atoms. The lowest BCUT2D eigenvalue weighted by Crippen LogP contribution is -2.46. The summed E-state index contributed by atoms with van der Waals surface area (Å²) in [6.07, 6.45) is 1.68. The van der Waals surface area contributed by atoms with E-state index < -0.39 is 5.54 Å². The highest BCUT2D eigenvalue weighted by molar-refractivity contribution is 6.12. The maximum atomic E-state index is 13.3. The van der Waals surface area contributed by atoms with Gasteiger partial charge in [0.25, 0.3) is 0 Å². The van der Waals surface area contributed by atoms with Crippen LogP contribution in [-0.2, 0) is 12.0 Å². The number of aliphatic imine (C=N–C) groups is 2. The van der Waals surface area contributed by atoms with Crippen molar-refractivity contribution < 1.29 is 4.39 Å². The highest BCUT2D eigenvalue weighted by Gasteiger charge is 2.49. The molecule has 0 spiro atoms. The minimum Gasteiger partial charge on any atom is -0.369 e. The topological polar surface area (TPSA) is 54.0 Å². The Labute approximate surface area is 175 Å². The zero-order valence-electron chi connectivity index (χ0n) is 16.6. The van der Waals surface area contributed by atoms with E-state index in [1.54, 1.807) is 0 Å². The first-order valence-electron chi connectivity index (χ1n) is 10.2. The number of guanidine groups is 1. The SMILES string of the molecule is NC1=NC(c2ccccc2)(c2cccc(Cc3ccc(F)cc3)c2)C2=NCCCN12. The van der Waals surface area contributed by atoms with Crippen LogP contribution in [0.25, 0.3) is 0 Å². The number of benzene rings is 3. The van der Waals surface area contributed by atoms with Crippen molar-refractivity contribution in [1.29, 1.82) is 0 Å². The summed E-state index contributed by atoms with van der Waals surface area (Å²) in [5.41, 5.74) is 9.92. The summed E-state index contributed by atoms with van der Waals surface area (Å²) in [5.74, 6) is 1.19. The van der Waals surface area contributed by atoms with Crippen molar-refractivity contribution in [1.82, 2.24) is 4.90 Å². The molecule has 2 heterocycles. The molecule has 2 N–H and O–H groups in total. The van der Waals surface area contributed by atoms with Crippen LogP contribution in [0.15, 0.2) is 88.8 Å². The maximum absolute atomic E-state index is 13.3. The van der Waals surface area contributed by atoms with Gasteiger partial charge in [-0.05, 0) is 47.2 Å². The molecule has 0 radical (unpaired) electrons. The normalized spacial score (nSPS) is 20.5. The van der Waals surface area contributed by atoms with Gasteiger partial charge in [0.15, 0.2) is 11.5 Å². The van der Waals surface area contributed by atoms with E-state index in [0.29, 0.717) is 12.4 Å². The lowest BCUT2D eigenvalue weighted by molar-refractivity contribution is 0.531. The van der Waals surface area contributed by atoms with Gasteiger partial charge in [0.1, 0.15) is 11.7 Å². The van der Waals surface area contributed by atoms with E-state index in [-0.39, 0.29) is 5.82 Å². The Kier molecular flexibility index (Phi) is 4.58. The van der Waals surface area contributed by atoms with Gasteiger partial charge in [0.05, 0.1) is 0 Å². The van der Waals surface area contributed by atoms with Crippen LogP contribution >= 0.6 is 0 Å². The molecule has 5 rings (SSSR count). The number of halogens is 1. The monoisotopic (exact) mass is 398 g/mol. The van der Waals surface area contributed by atoms with Crippen molar-refractivity contribution in [3.63, 3.8) is 0 Å². The molecule has 3 aromatic carbocycles. The van der Waals surface area contributed by atoms with Crippen molar-refractivity contribution in [2.75, 3.05) is 13.1 Å². The number of fused-ring (bicyclic) bond motifs is 1. The van der Waals surface area contributed by atoms with E-state index in [9.17, 15) is 4.39 Å². The number of amidine groups is 1. The highest BCUT2D eigenvalue weighted by Crippen LogP contribution is 2.41. The summed E-state index contributed by atoms with van der Waals surface area (Å²) in [7, 11) is 0. The Hall–Kier alpha value is -3.47. The van der Waals surface area contributed by atoms with Crippen molar-refractivity contribution >= 4 is 11.8 Å². The van der Waals surface area contributed by atoms with Gasteiger partial charge in [-0.2, -0.15) is 0 Å². The van der Waals surface area contributed by atoms with Crippen molar-refractivity contribution in [2.24, 2.45) is 15.7 Å². The van der Waals surface area contributed by atoms with Crippen LogP contribution < -0.4 is 5.73 Å². The standard InChI is InChI=1S/C25H23FN4/c26-22-12-10-18(11-13-22)16-19-6-4-9-21(17-19)25(20-7-2-1-3-8-20)23-28-14-5-15-30(23)24(27)29-25/h1-4,6-13,17H,5,14-16H2,(H2,27,29). The van der Waals surface area contributed by atoms with Crippen LogP contribution in [0.3, 0.4) is 0 Å². The molecule has 5 heteroatoms. The van der Waals surface area contributed by atoms with Gasteiger partial charge < -0.3 is 5.73 Å². The van der Waals surface area contributed by atoms with Gasteiger partial charge in [-0.3, -0.25) is 9.89 Å². The molecule has 150 valence electrons. The first-order valence-corrected chi connectivity index (χ1v) is 10.2. The molecule has 0 saturated carbocycles. The zero-order valence-corrected chi connectivity index (χ0v) is 16.6. The fraction of sp³-hybridized carbons (Fsp3) is 0.200. The van der Waals surface area contributed by atoms with Crippen LogP contribution in [0, 0.1) is 5.82 Å². The number of hydrogen-bond donors (Lipinski definition) is 1. The first kappa shape index (κ1) is 18.6. The van der Waals surface area contributed by atoms with Gasteiger partial charge in [-0.1, -0.05) is 66.7 Å². The summed E-state index contributed by atoms with van der Waals surface area (Å²) >= 11 is 0. The van der Waals surface area contributed by atoms with Crippen LogP contribution in [0.1, 0.15) is 28.7 Å². The van der Waals surface area contributed by atoms with E-state index in [4.69, 9.17) is 15.7 Å². The average molecular weight is 398 g/mol. The molecule has 0 saturated heterocycles. The predicted octanol–water partition coefficient (Wildman–Crippen LogP) is 4.09. The molecule has 1 unspecified atom stereocenters. The minimum absolute atomic E-state index is 0.221. The van der Waals surface area contributed by atoms with Crippen molar-refractivity contribution in [3.05, 3.63) is 107 Å². The maximum Gasteiger partial charge on any atom is 0.198 e. The molecule has 0 amide bonds. The van der Waals surface area contributed by atoms with Gasteiger partial charge in [-0.15, -0.1) is 0 Å². The Morgan fingerprint density at radius 2 is 1.67 bits per heavy atom. The molecular formula is C25H23FN4. The molecule has 0 aliphatic carbocycles. The number of nitrogens with zero attached hydrogens (tertiary/aromatic N) is 3. The summed E-state index contributed by atoms with van der Waals surface area (Å²) in [5, 5.41) is 0. The Morgan fingerprint density at radius 3 is 2.47 bits per heavy atom. The fourth-order valence-corrected chi connectivity index (χ4v) is 4.40. The highest BCUT2D eigenvalue weighted by atomic mass is 19.1. The van der Waals surface area contributed by atoms with Crippen LogP contribution in [0.4, 0.5) is 4.39 Å². The third-order valence-electron chi connectivity index (χ3n) is 5.80. The van der Waals surface area contributed by atoms with Crippen molar-refractivity contribution in [3.8, 4) is 0 Å². The van der Waals surface area contributed by atoms with E-state index in [2.05, 4.69) is 36.4 Å². The van der Waals surface area contributed by atoms with Crippen LogP contribution in [-0.4, -0.2) is 29.8 Å². The molecular weight excluding hydrogens is 375 g/mol. The third-order valence-corrected chi connectivity index (χ3v) is 5.80. The van der Waals surface area contributed by atoms with E-state index in [1.807, 2.05) is 35.2 Å². The largest absolute Gasteiger partial charge is 0.369 e. The summed E-state index contributed by atoms with van der Waals surface area (Å²) in [4.78, 5) is 11.9. The quantitative estimate of drug-likeness (QED) is 0.720. The number of hydrogen-bond acceptors (Lipinski definition) is 4. The van der Waals surface area contributed by atoms with Crippen molar-refractivity contribution in [2.45, 2.75) is 18.4 Å². The third kappa shape index (κ3) is 3.07. The Morgan fingerprint density at radius 1 is 0.900 bits per heavy atom. The van der Waals surface area contributed by atoms with Gasteiger partial charge in [-0.25, -0.2) is 9.38 Å². The van der Waals surface area contributed by atoms with Gasteiger partial charge >= 0.3 is 0 Å². The first-order chi connectivity index (χ1) is 14.7. The molecule has 3 aromatic rings. The van der Waals surface area contributed by atoms with E-state index in [1.165, 1.54) is 12.1 Å². The van der Waals surface area contributed by atoms with Crippen LogP contribution in [0.2, 0.25) is 0 Å². The Balaban J connectivity index is 1.63. The molecule has 2 aliphatic rings.